The van der Waals surface area contributed by atoms with Crippen molar-refractivity contribution in [3.63, 3.8) is 0 Å². The Hall–Kier alpha value is -3.26. The Kier molecular flexibility index (Phi) is 6.70. The van der Waals surface area contributed by atoms with Gasteiger partial charge in [0.1, 0.15) is 0 Å². The van der Waals surface area contributed by atoms with Gasteiger partial charge >= 0.3 is 0 Å². The molecule has 0 aliphatic rings. The zero-order valence-electron chi connectivity index (χ0n) is 19.7. The molecule has 0 heterocycles. The van der Waals surface area contributed by atoms with Crippen LogP contribution in [-0.2, 0) is 0 Å². The fourth-order valence-corrected chi connectivity index (χ4v) is 4.30. The Morgan fingerprint density at radius 3 is 1.61 bits per heavy atom. The van der Waals surface area contributed by atoms with Crippen LogP contribution in [0.3, 0.4) is 0 Å². The summed E-state index contributed by atoms with van der Waals surface area (Å²) in [7, 11) is 0. The van der Waals surface area contributed by atoms with E-state index in [0.29, 0.717) is 5.71 Å². The zero-order chi connectivity index (χ0) is 22.7. The van der Waals surface area contributed by atoms with Gasteiger partial charge in [0.2, 0.25) is 0 Å². The third-order valence-corrected chi connectivity index (χ3v) is 5.61. The van der Waals surface area contributed by atoms with Gasteiger partial charge in [-0.15, -0.1) is 0 Å². The lowest BCUT2D eigenvalue weighted by atomic mass is 9.95. The summed E-state index contributed by atoms with van der Waals surface area (Å²) in [5, 5.41) is 8.17. The summed E-state index contributed by atoms with van der Waals surface area (Å²) in [6.07, 6.45) is 1.38. The number of nitrogens with zero attached hydrogens (tertiary/aromatic N) is 1. The van der Waals surface area contributed by atoms with E-state index in [0.717, 1.165) is 33.5 Å². The number of rotatable bonds is 5. The van der Waals surface area contributed by atoms with Gasteiger partial charge in [-0.05, 0) is 82.9 Å². The van der Waals surface area contributed by atoms with Crippen molar-refractivity contribution in [3.05, 3.63) is 105 Å². The highest BCUT2D eigenvalue weighted by Crippen LogP contribution is 2.31. The number of aryl methyl sites for hydroxylation is 6. The lowest BCUT2D eigenvalue weighted by Gasteiger charge is -2.15. The van der Waals surface area contributed by atoms with Crippen molar-refractivity contribution in [3.8, 4) is 0 Å². The second-order valence-corrected chi connectivity index (χ2v) is 8.63. The summed E-state index contributed by atoms with van der Waals surface area (Å²) in [5.74, 6) is 0. The maximum Gasteiger partial charge on any atom is 0.0890 e. The van der Waals surface area contributed by atoms with E-state index in [1.165, 1.54) is 34.0 Å². The summed E-state index contributed by atoms with van der Waals surface area (Å²) in [5.41, 5.74) is 13.2. The number of benzene rings is 3. The minimum atomic E-state index is 0.688. The van der Waals surface area contributed by atoms with E-state index >= 15 is 0 Å². The van der Waals surface area contributed by atoms with Gasteiger partial charge in [0.15, 0.2) is 0 Å². The first-order chi connectivity index (χ1) is 14.7. The van der Waals surface area contributed by atoms with Gasteiger partial charge in [-0.3, -0.25) is 0 Å². The molecule has 2 heteroatoms. The van der Waals surface area contributed by atoms with Gasteiger partial charge in [-0.2, -0.15) is 0 Å². The van der Waals surface area contributed by atoms with Crippen molar-refractivity contribution in [1.82, 2.24) is 0 Å². The Balaban J connectivity index is 2.35. The Bertz CT molecular complexity index is 1150. The quantitative estimate of drug-likeness (QED) is 0.334. The molecule has 0 radical (unpaired) electrons. The van der Waals surface area contributed by atoms with E-state index in [1.807, 2.05) is 0 Å². The molecule has 0 atom stereocenters. The van der Waals surface area contributed by atoms with E-state index in [-0.39, 0.29) is 0 Å². The van der Waals surface area contributed by atoms with Crippen molar-refractivity contribution >= 4 is 23.2 Å². The van der Waals surface area contributed by atoms with Crippen LogP contribution in [0, 0.1) is 47.0 Å². The van der Waals surface area contributed by atoms with Gasteiger partial charge in [-0.1, -0.05) is 64.7 Å². The molecule has 0 aliphatic carbocycles. The van der Waals surface area contributed by atoms with Gasteiger partial charge < -0.3 is 5.41 Å². The van der Waals surface area contributed by atoms with Crippen molar-refractivity contribution < 1.29 is 0 Å². The maximum absolute atomic E-state index is 8.17. The van der Waals surface area contributed by atoms with Crippen molar-refractivity contribution in [2.45, 2.75) is 48.5 Å². The molecule has 0 saturated heterocycles. The third kappa shape index (κ3) is 5.08. The van der Waals surface area contributed by atoms with Crippen molar-refractivity contribution in [2.24, 2.45) is 4.99 Å². The minimum absolute atomic E-state index is 0.688. The summed E-state index contributed by atoms with van der Waals surface area (Å²) in [4.78, 5) is 5.13. The monoisotopic (exact) mass is 408 g/mol. The largest absolute Gasteiger partial charge is 0.306 e. The molecule has 0 aromatic heterocycles. The SMILES string of the molecule is C/C(=C(\N=C(C=N)c1c(C)cccc1C)c1cc(C)cc(C)c1)c1cc(C)cc(C)c1. The van der Waals surface area contributed by atoms with Crippen LogP contribution in [0.1, 0.15) is 57.0 Å². The van der Waals surface area contributed by atoms with Crippen LogP contribution >= 0.6 is 0 Å². The van der Waals surface area contributed by atoms with E-state index in [2.05, 4.69) is 103 Å². The molecule has 31 heavy (non-hydrogen) atoms. The normalized spacial score (nSPS) is 12.5. The summed E-state index contributed by atoms with van der Waals surface area (Å²) in [6.45, 7) is 14.8. The second kappa shape index (κ2) is 9.26. The fourth-order valence-electron chi connectivity index (χ4n) is 4.30. The van der Waals surface area contributed by atoms with Crippen molar-refractivity contribution in [1.29, 1.82) is 5.41 Å². The van der Waals surface area contributed by atoms with Gasteiger partial charge in [0, 0.05) is 17.3 Å². The zero-order valence-corrected chi connectivity index (χ0v) is 19.7. The molecule has 3 aromatic rings. The number of hydrogen-bond donors (Lipinski definition) is 1. The molecular formula is C29H32N2. The molecule has 158 valence electrons. The van der Waals surface area contributed by atoms with Gasteiger partial charge in [0.25, 0.3) is 0 Å². The van der Waals surface area contributed by atoms with E-state index < -0.39 is 0 Å². The number of nitrogens with one attached hydrogen (secondary N) is 1. The molecule has 0 aliphatic heterocycles. The molecule has 1 N–H and O–H groups in total. The number of hydrogen-bond acceptors (Lipinski definition) is 2. The predicted octanol–water partition coefficient (Wildman–Crippen LogP) is 7.56. The lowest BCUT2D eigenvalue weighted by Crippen LogP contribution is -2.08. The summed E-state index contributed by atoms with van der Waals surface area (Å²) in [6, 6.07) is 19.4. The van der Waals surface area contributed by atoms with Gasteiger partial charge in [-0.25, -0.2) is 4.99 Å². The Morgan fingerprint density at radius 2 is 1.16 bits per heavy atom. The summed E-state index contributed by atoms with van der Waals surface area (Å²) < 4.78 is 0. The maximum atomic E-state index is 8.17. The third-order valence-electron chi connectivity index (χ3n) is 5.61. The molecule has 0 amide bonds. The first-order valence-corrected chi connectivity index (χ1v) is 10.7. The lowest BCUT2D eigenvalue weighted by molar-refractivity contribution is 1.32. The van der Waals surface area contributed by atoms with E-state index in [1.54, 1.807) is 0 Å². The molecule has 0 saturated carbocycles. The molecule has 3 rings (SSSR count). The van der Waals surface area contributed by atoms with Crippen LogP contribution in [0.4, 0.5) is 0 Å². The topological polar surface area (TPSA) is 36.2 Å². The standard InChI is InChI=1S/C29H32N2/c1-18-11-19(2)14-25(13-18)24(7)29(26-15-20(3)12-21(4)16-26)31-27(17-30)28-22(5)9-8-10-23(28)6/h8-17,30H,1-7H3/b29-24+,30-17?,31-27?. The fraction of sp³-hybridized carbons (Fsp3) is 0.241. The van der Waals surface area contributed by atoms with E-state index in [9.17, 15) is 0 Å². The highest BCUT2D eigenvalue weighted by Gasteiger charge is 2.14. The first kappa shape index (κ1) is 22.4. The Labute approximate surface area is 186 Å². The average Bonchev–Trinajstić information content (AvgIpc) is 2.68. The molecule has 0 fully saturated rings. The summed E-state index contributed by atoms with van der Waals surface area (Å²) >= 11 is 0. The predicted molar refractivity (Wildman–Crippen MR) is 136 cm³/mol. The van der Waals surface area contributed by atoms with Crippen LogP contribution in [0.15, 0.2) is 59.6 Å². The number of aliphatic imine (C=N–C) groups is 1. The molecule has 0 bridgehead atoms. The second-order valence-electron chi connectivity index (χ2n) is 8.63. The molecule has 2 nitrogen and oxygen atoms in total. The number of allylic oxidation sites excluding steroid dienone is 1. The van der Waals surface area contributed by atoms with Crippen molar-refractivity contribution in [2.75, 3.05) is 0 Å². The average molecular weight is 409 g/mol. The first-order valence-electron chi connectivity index (χ1n) is 10.7. The molecular weight excluding hydrogens is 376 g/mol. The molecule has 0 unspecified atom stereocenters. The highest BCUT2D eigenvalue weighted by molar-refractivity contribution is 6.39. The van der Waals surface area contributed by atoms with Crippen LogP contribution < -0.4 is 0 Å². The van der Waals surface area contributed by atoms with Crippen LogP contribution in [0.2, 0.25) is 0 Å². The minimum Gasteiger partial charge on any atom is -0.306 e. The Morgan fingerprint density at radius 1 is 0.710 bits per heavy atom. The van der Waals surface area contributed by atoms with Crippen LogP contribution in [-0.4, -0.2) is 11.9 Å². The van der Waals surface area contributed by atoms with Crippen LogP contribution in [0.25, 0.3) is 11.3 Å². The van der Waals surface area contributed by atoms with Gasteiger partial charge in [0.05, 0.1) is 11.4 Å². The molecule has 0 spiro atoms. The smallest absolute Gasteiger partial charge is 0.0890 e. The molecule has 3 aromatic carbocycles. The van der Waals surface area contributed by atoms with Crippen LogP contribution in [0.5, 0.6) is 0 Å². The van der Waals surface area contributed by atoms with E-state index in [4.69, 9.17) is 10.4 Å². The highest BCUT2D eigenvalue weighted by atomic mass is 14.8.